The summed E-state index contributed by atoms with van der Waals surface area (Å²) in [6.45, 7) is 5.89. The summed E-state index contributed by atoms with van der Waals surface area (Å²) in [5.41, 5.74) is 9.89. The van der Waals surface area contributed by atoms with E-state index in [-0.39, 0.29) is 25.3 Å². The number of benzene rings is 1. The minimum absolute atomic E-state index is 0.194. The van der Waals surface area contributed by atoms with E-state index in [2.05, 4.69) is 15.3 Å². The first-order valence-electron chi connectivity index (χ1n) is 10.1. The molecular weight excluding hydrogens is 402 g/mol. The highest BCUT2D eigenvalue weighted by molar-refractivity contribution is 5.85. The lowest BCUT2D eigenvalue weighted by molar-refractivity contribution is -0.150. The Balaban J connectivity index is 1.94. The molecule has 1 aromatic carbocycles. The highest BCUT2D eigenvalue weighted by Crippen LogP contribution is 2.23. The lowest BCUT2D eigenvalue weighted by Crippen LogP contribution is -2.41. The number of esters is 1. The van der Waals surface area contributed by atoms with Crippen molar-refractivity contribution >= 4 is 18.0 Å². The SMILES string of the molecule is COC(=O)[C@@H]1CC(N=[N+]=[N-])CN1C(=O)CCc1cccc(CNC(=O)OC(C)(C)C)c1. The second kappa shape index (κ2) is 10.7. The minimum atomic E-state index is -0.739. The smallest absolute Gasteiger partial charge is 0.407 e. The Kier molecular flexibility index (Phi) is 8.27. The van der Waals surface area contributed by atoms with Gasteiger partial charge < -0.3 is 19.7 Å². The molecule has 1 N–H and O–H groups in total. The Hall–Kier alpha value is -3.26. The van der Waals surface area contributed by atoms with Gasteiger partial charge in [0.2, 0.25) is 5.91 Å². The standard InChI is InChI=1S/C21H29N5O5/c1-21(2,3)31-20(29)23-12-15-7-5-6-14(10-15)8-9-18(27)26-13-16(24-25-22)11-17(26)19(28)30-4/h5-7,10,16-17H,8-9,11-13H2,1-4H3,(H,23,29)/t16?,17-/m0/s1. The van der Waals surface area contributed by atoms with Crippen LogP contribution < -0.4 is 5.32 Å². The quantitative estimate of drug-likeness (QED) is 0.306. The zero-order valence-electron chi connectivity index (χ0n) is 18.3. The maximum absolute atomic E-state index is 12.7. The van der Waals surface area contributed by atoms with Crippen LogP contribution in [0.4, 0.5) is 4.79 Å². The molecule has 10 nitrogen and oxygen atoms in total. The van der Waals surface area contributed by atoms with E-state index < -0.39 is 29.7 Å². The van der Waals surface area contributed by atoms with Gasteiger partial charge in [-0.1, -0.05) is 29.4 Å². The second-order valence-electron chi connectivity index (χ2n) is 8.35. The van der Waals surface area contributed by atoms with Crippen LogP contribution in [0.25, 0.3) is 10.4 Å². The molecule has 1 unspecified atom stereocenters. The molecule has 1 aliphatic heterocycles. The van der Waals surface area contributed by atoms with E-state index in [9.17, 15) is 14.4 Å². The summed E-state index contributed by atoms with van der Waals surface area (Å²) < 4.78 is 10.0. The number of likely N-dealkylation sites (tertiary alicyclic amines) is 1. The molecule has 1 heterocycles. The lowest BCUT2D eigenvalue weighted by Gasteiger charge is -2.22. The zero-order valence-corrected chi connectivity index (χ0v) is 18.3. The Morgan fingerprint density at radius 1 is 1.29 bits per heavy atom. The molecule has 2 rings (SSSR count). The van der Waals surface area contributed by atoms with Crippen molar-refractivity contribution in [1.82, 2.24) is 10.2 Å². The fraction of sp³-hybridized carbons (Fsp3) is 0.571. The number of nitrogens with zero attached hydrogens (tertiary/aromatic N) is 4. The number of carbonyl (C=O) groups is 3. The van der Waals surface area contributed by atoms with E-state index in [1.807, 2.05) is 24.3 Å². The van der Waals surface area contributed by atoms with E-state index in [0.29, 0.717) is 13.0 Å². The van der Waals surface area contributed by atoms with Gasteiger partial charge in [0.1, 0.15) is 11.6 Å². The summed E-state index contributed by atoms with van der Waals surface area (Å²) in [5.74, 6) is -0.720. The van der Waals surface area contributed by atoms with Crippen LogP contribution in [-0.2, 0) is 32.0 Å². The summed E-state index contributed by atoms with van der Waals surface area (Å²) in [6, 6.07) is 6.36. The molecular formula is C21H29N5O5. The molecule has 1 saturated heterocycles. The van der Waals surface area contributed by atoms with E-state index in [1.54, 1.807) is 20.8 Å². The number of amides is 2. The molecule has 1 aromatic rings. The maximum Gasteiger partial charge on any atom is 0.407 e. The van der Waals surface area contributed by atoms with Gasteiger partial charge in [0.05, 0.1) is 13.2 Å². The van der Waals surface area contributed by atoms with Crippen LogP contribution in [0.5, 0.6) is 0 Å². The molecule has 0 spiro atoms. The van der Waals surface area contributed by atoms with Crippen LogP contribution in [0, 0.1) is 0 Å². The molecule has 0 bridgehead atoms. The predicted octanol–water partition coefficient (Wildman–Crippen LogP) is 3.10. The van der Waals surface area contributed by atoms with Crippen LogP contribution in [0.15, 0.2) is 29.4 Å². The molecule has 168 valence electrons. The van der Waals surface area contributed by atoms with Crippen molar-refractivity contribution in [2.24, 2.45) is 5.11 Å². The highest BCUT2D eigenvalue weighted by atomic mass is 16.6. The Labute approximate surface area is 181 Å². The summed E-state index contributed by atoms with van der Waals surface area (Å²) in [5, 5.41) is 6.35. The second-order valence-corrected chi connectivity index (χ2v) is 8.35. The average Bonchev–Trinajstić information content (AvgIpc) is 3.13. The molecule has 0 saturated carbocycles. The first kappa shape index (κ1) is 24.0. The maximum atomic E-state index is 12.7. The van der Waals surface area contributed by atoms with Gasteiger partial charge in [-0.05, 0) is 50.3 Å². The van der Waals surface area contributed by atoms with Crippen molar-refractivity contribution in [2.75, 3.05) is 13.7 Å². The number of nitrogens with one attached hydrogen (secondary N) is 1. The van der Waals surface area contributed by atoms with E-state index in [1.165, 1.54) is 12.0 Å². The van der Waals surface area contributed by atoms with Crippen molar-refractivity contribution in [2.45, 2.75) is 64.3 Å². The van der Waals surface area contributed by atoms with Gasteiger partial charge in [-0.3, -0.25) is 4.79 Å². The number of ether oxygens (including phenoxy) is 2. The molecule has 0 aliphatic carbocycles. The van der Waals surface area contributed by atoms with Gasteiger partial charge in [-0.15, -0.1) is 0 Å². The molecule has 2 atom stereocenters. The van der Waals surface area contributed by atoms with Crippen molar-refractivity contribution in [3.63, 3.8) is 0 Å². The first-order valence-corrected chi connectivity index (χ1v) is 10.1. The van der Waals surface area contributed by atoms with Crippen molar-refractivity contribution in [3.05, 3.63) is 45.8 Å². The summed E-state index contributed by atoms with van der Waals surface area (Å²) in [6.07, 6.45) is 0.425. The Morgan fingerprint density at radius 2 is 2.00 bits per heavy atom. The number of methoxy groups -OCH3 is 1. The Bertz CT molecular complexity index is 860. The van der Waals surface area contributed by atoms with Gasteiger partial charge in [0.25, 0.3) is 0 Å². The largest absolute Gasteiger partial charge is 0.467 e. The van der Waals surface area contributed by atoms with Gasteiger partial charge in [-0.2, -0.15) is 0 Å². The number of hydrogen-bond acceptors (Lipinski definition) is 6. The normalized spacial score (nSPS) is 18.1. The van der Waals surface area contributed by atoms with Crippen LogP contribution in [0.3, 0.4) is 0 Å². The van der Waals surface area contributed by atoms with Gasteiger partial charge in [0, 0.05) is 24.4 Å². The fourth-order valence-corrected chi connectivity index (χ4v) is 3.38. The third-order valence-electron chi connectivity index (χ3n) is 4.74. The van der Waals surface area contributed by atoms with E-state index in [4.69, 9.17) is 15.0 Å². The highest BCUT2D eigenvalue weighted by Gasteiger charge is 2.39. The number of rotatable bonds is 7. The molecule has 1 fully saturated rings. The zero-order chi connectivity index (χ0) is 23.0. The summed E-state index contributed by atoms with van der Waals surface area (Å²) in [4.78, 5) is 40.8. The molecule has 1 aliphatic rings. The molecule has 2 amide bonds. The molecule has 10 heteroatoms. The third-order valence-corrected chi connectivity index (χ3v) is 4.74. The van der Waals surface area contributed by atoms with Crippen LogP contribution in [-0.4, -0.2) is 54.2 Å². The van der Waals surface area contributed by atoms with Gasteiger partial charge in [-0.25, -0.2) is 9.59 Å². The summed E-state index contributed by atoms with van der Waals surface area (Å²) >= 11 is 0. The lowest BCUT2D eigenvalue weighted by atomic mass is 10.1. The van der Waals surface area contributed by atoms with Crippen LogP contribution in [0.2, 0.25) is 0 Å². The first-order chi connectivity index (χ1) is 14.6. The average molecular weight is 431 g/mol. The predicted molar refractivity (Wildman–Crippen MR) is 113 cm³/mol. The van der Waals surface area contributed by atoms with Crippen LogP contribution >= 0.6 is 0 Å². The van der Waals surface area contributed by atoms with E-state index in [0.717, 1.165) is 11.1 Å². The number of carbonyl (C=O) groups excluding carboxylic acids is 3. The molecule has 31 heavy (non-hydrogen) atoms. The van der Waals surface area contributed by atoms with Crippen molar-refractivity contribution in [3.8, 4) is 0 Å². The molecule has 0 aromatic heterocycles. The fourth-order valence-electron chi connectivity index (χ4n) is 3.38. The number of azide groups is 1. The van der Waals surface area contributed by atoms with E-state index >= 15 is 0 Å². The van der Waals surface area contributed by atoms with Crippen LogP contribution in [0.1, 0.15) is 44.7 Å². The Morgan fingerprint density at radius 3 is 2.65 bits per heavy atom. The number of aryl methyl sites for hydroxylation is 1. The monoisotopic (exact) mass is 431 g/mol. The van der Waals surface area contributed by atoms with Gasteiger partial charge >= 0.3 is 12.1 Å². The number of hydrogen-bond donors (Lipinski definition) is 1. The number of alkyl carbamates (subject to hydrolysis) is 1. The summed E-state index contributed by atoms with van der Waals surface area (Å²) in [7, 11) is 1.27. The van der Waals surface area contributed by atoms with Gasteiger partial charge in [0.15, 0.2) is 0 Å². The molecule has 0 radical (unpaired) electrons. The van der Waals surface area contributed by atoms with Crippen molar-refractivity contribution in [1.29, 1.82) is 0 Å². The third kappa shape index (κ3) is 7.49. The minimum Gasteiger partial charge on any atom is -0.467 e. The topological polar surface area (TPSA) is 134 Å². The van der Waals surface area contributed by atoms with Crippen molar-refractivity contribution < 1.29 is 23.9 Å².